The second kappa shape index (κ2) is 3.27. The van der Waals surface area contributed by atoms with Gasteiger partial charge in [-0.15, -0.1) is 0 Å². The number of fused-ring (bicyclic) bond motifs is 1. The monoisotopic (exact) mass is 217 g/mol. The Morgan fingerprint density at radius 3 is 1.94 bits per heavy atom. The van der Waals surface area contributed by atoms with E-state index >= 15 is 0 Å². The average Bonchev–Trinajstić information content (AvgIpc) is 2.42. The maximum Gasteiger partial charge on any atom is 0.218 e. The molecule has 0 aliphatic heterocycles. The van der Waals surface area contributed by atoms with Gasteiger partial charge < -0.3 is 5.32 Å². The molecule has 1 aromatic rings. The van der Waals surface area contributed by atoms with E-state index in [4.69, 9.17) is 0 Å². The molecule has 1 N–H and O–H groups in total. The normalized spacial score (nSPS) is 17.1. The number of hydrogen-bond acceptors (Lipinski definition) is 3. The van der Waals surface area contributed by atoms with Crippen LogP contribution in [0.15, 0.2) is 24.3 Å². The Morgan fingerprint density at radius 1 is 1.12 bits per heavy atom. The smallest absolute Gasteiger partial charge is 0.218 e. The Morgan fingerprint density at radius 2 is 1.56 bits per heavy atom. The minimum atomic E-state index is -1.44. The molecule has 0 heterocycles. The number of ketones is 2. The highest BCUT2D eigenvalue weighted by Gasteiger charge is 2.49. The topological polar surface area (TPSA) is 63.2 Å². The van der Waals surface area contributed by atoms with Gasteiger partial charge in [-0.25, -0.2) is 0 Å². The molecule has 0 radical (unpaired) electrons. The Bertz CT molecular complexity index is 470. The number of amides is 1. The van der Waals surface area contributed by atoms with Gasteiger partial charge in [0.1, 0.15) is 0 Å². The van der Waals surface area contributed by atoms with Crippen LogP contribution in [0.1, 0.15) is 34.6 Å². The first-order valence-corrected chi connectivity index (χ1v) is 4.94. The molecule has 1 aliphatic carbocycles. The van der Waals surface area contributed by atoms with Gasteiger partial charge in [0.15, 0.2) is 17.1 Å². The number of carbonyl (C=O) groups excluding carboxylic acids is 3. The fourth-order valence-corrected chi connectivity index (χ4v) is 1.99. The zero-order valence-corrected chi connectivity index (χ0v) is 9.03. The van der Waals surface area contributed by atoms with E-state index in [9.17, 15) is 14.4 Å². The molecule has 0 spiro atoms. The van der Waals surface area contributed by atoms with Crippen molar-refractivity contribution in [1.82, 2.24) is 5.32 Å². The predicted molar refractivity (Wildman–Crippen MR) is 57.3 cm³/mol. The van der Waals surface area contributed by atoms with Crippen LogP contribution >= 0.6 is 0 Å². The first-order chi connectivity index (χ1) is 7.47. The van der Waals surface area contributed by atoms with Crippen LogP contribution in [0.5, 0.6) is 0 Å². The van der Waals surface area contributed by atoms with E-state index in [1.807, 2.05) is 0 Å². The zero-order chi connectivity index (χ0) is 11.9. The second-order valence-electron chi connectivity index (χ2n) is 4.01. The first kappa shape index (κ1) is 10.5. The Kier molecular flexibility index (Phi) is 2.15. The Balaban J connectivity index is 2.53. The van der Waals surface area contributed by atoms with E-state index in [2.05, 4.69) is 5.32 Å². The summed E-state index contributed by atoms with van der Waals surface area (Å²) in [5.41, 5.74) is -0.678. The number of rotatable bonds is 1. The third-order valence-corrected chi connectivity index (χ3v) is 2.75. The molecule has 2 rings (SSSR count). The van der Waals surface area contributed by atoms with Crippen LogP contribution in [0.2, 0.25) is 0 Å². The molecule has 0 fully saturated rings. The lowest BCUT2D eigenvalue weighted by molar-refractivity contribution is -0.119. The van der Waals surface area contributed by atoms with Crippen molar-refractivity contribution >= 4 is 17.5 Å². The summed E-state index contributed by atoms with van der Waals surface area (Å²) in [4.78, 5) is 35.1. The number of Topliss-reactive ketones (excluding diaryl/α,β-unsaturated/α-hetero) is 2. The van der Waals surface area contributed by atoms with E-state index in [1.165, 1.54) is 13.8 Å². The van der Waals surface area contributed by atoms with Crippen LogP contribution in [0.4, 0.5) is 0 Å². The van der Waals surface area contributed by atoms with Gasteiger partial charge in [-0.05, 0) is 6.92 Å². The van der Waals surface area contributed by atoms with Gasteiger partial charge in [-0.1, -0.05) is 24.3 Å². The largest absolute Gasteiger partial charge is 0.337 e. The van der Waals surface area contributed by atoms with Crippen molar-refractivity contribution in [2.24, 2.45) is 0 Å². The van der Waals surface area contributed by atoms with E-state index in [0.717, 1.165) is 0 Å². The lowest BCUT2D eigenvalue weighted by Crippen LogP contribution is -2.53. The van der Waals surface area contributed by atoms with Crippen molar-refractivity contribution in [3.05, 3.63) is 35.4 Å². The molecule has 0 saturated carbocycles. The highest BCUT2D eigenvalue weighted by molar-refractivity contribution is 6.33. The Labute approximate surface area is 92.6 Å². The minimum absolute atomic E-state index is 0.344. The van der Waals surface area contributed by atoms with Crippen LogP contribution in [0.3, 0.4) is 0 Å². The number of carbonyl (C=O) groups is 3. The molecule has 0 bridgehead atoms. The summed E-state index contributed by atoms with van der Waals surface area (Å²) in [6, 6.07) is 6.60. The maximum atomic E-state index is 12.0. The van der Waals surface area contributed by atoms with Crippen LogP contribution < -0.4 is 5.32 Å². The predicted octanol–water partition coefficient (Wildman–Crippen LogP) is 0.960. The molecular formula is C12H11NO3. The van der Waals surface area contributed by atoms with Gasteiger partial charge in [-0.2, -0.15) is 0 Å². The van der Waals surface area contributed by atoms with Gasteiger partial charge in [0.2, 0.25) is 5.91 Å². The summed E-state index contributed by atoms with van der Waals surface area (Å²) in [6.07, 6.45) is 0. The number of benzene rings is 1. The fourth-order valence-electron chi connectivity index (χ4n) is 1.99. The first-order valence-electron chi connectivity index (χ1n) is 4.94. The van der Waals surface area contributed by atoms with Gasteiger partial charge >= 0.3 is 0 Å². The van der Waals surface area contributed by atoms with Crippen LogP contribution in [0.25, 0.3) is 0 Å². The lowest BCUT2D eigenvalue weighted by Gasteiger charge is -2.20. The molecule has 1 aromatic carbocycles. The van der Waals surface area contributed by atoms with Crippen molar-refractivity contribution in [2.75, 3.05) is 0 Å². The highest BCUT2D eigenvalue weighted by atomic mass is 16.2. The molecule has 0 saturated heterocycles. The molecule has 0 unspecified atom stereocenters. The average molecular weight is 217 g/mol. The summed E-state index contributed by atoms with van der Waals surface area (Å²) in [5.74, 6) is -1.08. The Hall–Kier alpha value is -1.97. The summed E-state index contributed by atoms with van der Waals surface area (Å²) >= 11 is 0. The van der Waals surface area contributed by atoms with Gasteiger partial charge in [-0.3, -0.25) is 14.4 Å². The fraction of sp³-hybridized carbons (Fsp3) is 0.250. The summed E-state index contributed by atoms with van der Waals surface area (Å²) in [5, 5.41) is 2.43. The minimum Gasteiger partial charge on any atom is -0.337 e. The molecule has 16 heavy (non-hydrogen) atoms. The molecule has 82 valence electrons. The van der Waals surface area contributed by atoms with E-state index in [1.54, 1.807) is 24.3 Å². The zero-order valence-electron chi connectivity index (χ0n) is 9.03. The van der Waals surface area contributed by atoms with Crippen LogP contribution in [0, 0.1) is 0 Å². The summed E-state index contributed by atoms with van der Waals surface area (Å²) in [7, 11) is 0. The molecule has 1 aliphatic rings. The van der Waals surface area contributed by atoms with Crippen LogP contribution in [-0.4, -0.2) is 23.0 Å². The highest BCUT2D eigenvalue weighted by Crippen LogP contribution is 2.29. The number of nitrogens with one attached hydrogen (secondary N) is 1. The maximum absolute atomic E-state index is 12.0. The van der Waals surface area contributed by atoms with Gasteiger partial charge in [0.25, 0.3) is 0 Å². The standard InChI is InChI=1S/C12H11NO3/c1-7(14)13-12(2)10(15)8-5-3-4-6-9(8)11(12)16/h3-6H,1-2H3,(H,13,14). The van der Waals surface area contributed by atoms with Crippen molar-refractivity contribution in [2.45, 2.75) is 19.4 Å². The van der Waals surface area contributed by atoms with Gasteiger partial charge in [0.05, 0.1) is 0 Å². The molecule has 1 amide bonds. The third-order valence-electron chi connectivity index (χ3n) is 2.75. The molecule has 4 heteroatoms. The van der Waals surface area contributed by atoms with Crippen LogP contribution in [-0.2, 0) is 4.79 Å². The van der Waals surface area contributed by atoms with E-state index in [0.29, 0.717) is 11.1 Å². The summed E-state index contributed by atoms with van der Waals surface area (Å²) in [6.45, 7) is 2.73. The van der Waals surface area contributed by atoms with Crippen molar-refractivity contribution < 1.29 is 14.4 Å². The van der Waals surface area contributed by atoms with E-state index < -0.39 is 11.4 Å². The summed E-state index contributed by atoms with van der Waals surface area (Å²) < 4.78 is 0. The second-order valence-corrected chi connectivity index (χ2v) is 4.01. The molecule has 0 atom stereocenters. The van der Waals surface area contributed by atoms with Crippen molar-refractivity contribution in [3.63, 3.8) is 0 Å². The molecular weight excluding hydrogens is 206 g/mol. The van der Waals surface area contributed by atoms with Crippen molar-refractivity contribution in [1.29, 1.82) is 0 Å². The molecule has 0 aromatic heterocycles. The van der Waals surface area contributed by atoms with Crippen molar-refractivity contribution in [3.8, 4) is 0 Å². The quantitative estimate of drug-likeness (QED) is 0.712. The van der Waals surface area contributed by atoms with Gasteiger partial charge in [0, 0.05) is 18.1 Å². The SMILES string of the molecule is CC(=O)NC1(C)C(=O)c2ccccc2C1=O. The number of hydrogen-bond donors (Lipinski definition) is 1. The third kappa shape index (κ3) is 1.26. The van der Waals surface area contributed by atoms with E-state index in [-0.39, 0.29) is 11.6 Å². The lowest BCUT2D eigenvalue weighted by atomic mass is 9.96. The molecule has 4 nitrogen and oxygen atoms in total.